The fourth-order valence-corrected chi connectivity index (χ4v) is 2.77. The number of amides is 2. The topological polar surface area (TPSA) is 61.8 Å². The van der Waals surface area contributed by atoms with Crippen LogP contribution in [0.2, 0.25) is 0 Å². The minimum atomic E-state index is -0.375. The summed E-state index contributed by atoms with van der Waals surface area (Å²) in [5, 5.41) is 3.98. The molecule has 0 heterocycles. The molecule has 0 fully saturated rings. The maximum absolute atomic E-state index is 13.0. The van der Waals surface area contributed by atoms with E-state index in [0.717, 1.165) is 11.1 Å². The summed E-state index contributed by atoms with van der Waals surface area (Å²) in [6.45, 7) is 1.77. The first kappa shape index (κ1) is 19.0. The molecule has 3 rings (SSSR count). The number of nitrogens with one attached hydrogen (secondary N) is 1. The van der Waals surface area contributed by atoms with E-state index in [0.29, 0.717) is 11.3 Å². The van der Waals surface area contributed by atoms with Crippen molar-refractivity contribution in [3.63, 3.8) is 0 Å². The number of hydrogen-bond acceptors (Lipinski definition) is 3. The number of hydrogen-bond donors (Lipinski definition) is 1. The molecule has 0 aliphatic heterocycles. The molecule has 5 heteroatoms. The van der Waals surface area contributed by atoms with Gasteiger partial charge in [-0.05, 0) is 36.2 Å². The zero-order valence-electron chi connectivity index (χ0n) is 15.6. The van der Waals surface area contributed by atoms with Crippen LogP contribution in [0.4, 0.5) is 5.69 Å². The van der Waals surface area contributed by atoms with E-state index in [1.165, 1.54) is 4.90 Å². The fourth-order valence-electron chi connectivity index (χ4n) is 2.77. The number of carbonyl (C=O) groups excluding carboxylic acids is 2. The molecule has 0 bridgehead atoms. The van der Waals surface area contributed by atoms with E-state index in [1.807, 2.05) is 67.6 Å². The lowest BCUT2D eigenvalue weighted by Gasteiger charge is -2.23. The molecule has 0 spiro atoms. The molecule has 0 saturated heterocycles. The third-order valence-corrected chi connectivity index (χ3v) is 4.18. The standard InChI is InChI=1S/C23H21N3O2/c1-18-10-8-9-15-21(18)26(23(28)20-13-6-3-7-14-20)17-22(27)25-24-16-19-11-4-2-5-12-19/h2-16H,17H2,1H3,(H,25,27). The Bertz CT molecular complexity index is 969. The fraction of sp³-hybridized carbons (Fsp3) is 0.0870. The summed E-state index contributed by atoms with van der Waals surface area (Å²) in [7, 11) is 0. The summed E-state index contributed by atoms with van der Waals surface area (Å²) in [5.74, 6) is -0.614. The normalized spacial score (nSPS) is 10.6. The van der Waals surface area contributed by atoms with Crippen molar-refractivity contribution in [2.75, 3.05) is 11.4 Å². The van der Waals surface area contributed by atoms with Gasteiger partial charge in [-0.3, -0.25) is 14.5 Å². The average molecular weight is 371 g/mol. The Morgan fingerprint density at radius 3 is 2.18 bits per heavy atom. The van der Waals surface area contributed by atoms with Crippen LogP contribution in [0.1, 0.15) is 21.5 Å². The van der Waals surface area contributed by atoms with Crippen LogP contribution in [0, 0.1) is 6.92 Å². The minimum Gasteiger partial charge on any atom is -0.299 e. The van der Waals surface area contributed by atoms with Gasteiger partial charge in [-0.1, -0.05) is 66.7 Å². The first-order chi connectivity index (χ1) is 13.6. The molecule has 0 unspecified atom stereocenters. The molecule has 0 atom stereocenters. The smallest absolute Gasteiger partial charge is 0.260 e. The Morgan fingerprint density at radius 2 is 1.50 bits per heavy atom. The molecule has 140 valence electrons. The SMILES string of the molecule is Cc1ccccc1N(CC(=O)NN=Cc1ccccc1)C(=O)c1ccccc1. The van der Waals surface area contributed by atoms with Gasteiger partial charge in [0.15, 0.2) is 0 Å². The number of aryl methyl sites for hydroxylation is 1. The van der Waals surface area contributed by atoms with Crippen LogP contribution >= 0.6 is 0 Å². The van der Waals surface area contributed by atoms with Crippen molar-refractivity contribution in [3.05, 3.63) is 102 Å². The van der Waals surface area contributed by atoms with Crippen molar-refractivity contribution in [2.24, 2.45) is 5.10 Å². The molecule has 0 aliphatic rings. The Hall–Kier alpha value is -3.73. The zero-order chi connectivity index (χ0) is 19.8. The lowest BCUT2D eigenvalue weighted by Crippen LogP contribution is -2.40. The number of rotatable bonds is 6. The number of anilines is 1. The van der Waals surface area contributed by atoms with Crippen molar-refractivity contribution in [1.29, 1.82) is 0 Å². The highest BCUT2D eigenvalue weighted by atomic mass is 16.2. The third-order valence-electron chi connectivity index (χ3n) is 4.18. The van der Waals surface area contributed by atoms with E-state index in [2.05, 4.69) is 10.5 Å². The number of hydrazone groups is 1. The summed E-state index contributed by atoms with van der Waals surface area (Å²) in [6.07, 6.45) is 1.56. The quantitative estimate of drug-likeness (QED) is 0.529. The maximum atomic E-state index is 13.0. The second-order valence-electron chi connectivity index (χ2n) is 6.25. The highest BCUT2D eigenvalue weighted by molar-refractivity contribution is 6.09. The second kappa shape index (κ2) is 9.28. The van der Waals surface area contributed by atoms with Crippen LogP contribution in [0.25, 0.3) is 0 Å². The molecule has 1 N–H and O–H groups in total. The number of nitrogens with zero attached hydrogens (tertiary/aromatic N) is 2. The Morgan fingerprint density at radius 1 is 0.893 bits per heavy atom. The van der Waals surface area contributed by atoms with Crippen LogP contribution in [-0.4, -0.2) is 24.6 Å². The van der Waals surface area contributed by atoms with Gasteiger partial charge in [0.1, 0.15) is 6.54 Å². The van der Waals surface area contributed by atoms with Crippen LogP contribution in [0.15, 0.2) is 90.0 Å². The molecule has 3 aromatic carbocycles. The first-order valence-electron chi connectivity index (χ1n) is 8.94. The average Bonchev–Trinajstić information content (AvgIpc) is 2.73. The lowest BCUT2D eigenvalue weighted by molar-refractivity contribution is -0.119. The van der Waals surface area contributed by atoms with Crippen LogP contribution in [-0.2, 0) is 4.79 Å². The van der Waals surface area contributed by atoms with Crippen molar-refractivity contribution in [2.45, 2.75) is 6.92 Å². The summed E-state index contributed by atoms with van der Waals surface area (Å²) >= 11 is 0. The Labute approximate surface area is 164 Å². The van der Waals surface area contributed by atoms with E-state index in [-0.39, 0.29) is 18.4 Å². The zero-order valence-corrected chi connectivity index (χ0v) is 15.6. The molecular weight excluding hydrogens is 350 g/mol. The van der Waals surface area contributed by atoms with E-state index >= 15 is 0 Å². The number of benzene rings is 3. The van der Waals surface area contributed by atoms with Gasteiger partial charge in [0.2, 0.25) is 0 Å². The molecule has 0 aromatic heterocycles. The molecule has 0 aliphatic carbocycles. The van der Waals surface area contributed by atoms with Gasteiger partial charge >= 0.3 is 0 Å². The van der Waals surface area contributed by atoms with Gasteiger partial charge in [0.25, 0.3) is 11.8 Å². The Balaban J connectivity index is 1.77. The van der Waals surface area contributed by atoms with Gasteiger partial charge in [0.05, 0.1) is 6.21 Å². The first-order valence-corrected chi connectivity index (χ1v) is 8.94. The molecule has 2 amide bonds. The van der Waals surface area contributed by atoms with Crippen LogP contribution < -0.4 is 10.3 Å². The third kappa shape index (κ3) is 4.92. The monoisotopic (exact) mass is 371 g/mol. The molecule has 0 radical (unpaired) electrons. The number of carbonyl (C=O) groups is 2. The molecule has 28 heavy (non-hydrogen) atoms. The summed E-state index contributed by atoms with van der Waals surface area (Å²) in [5.41, 5.74) is 5.49. The largest absolute Gasteiger partial charge is 0.299 e. The molecular formula is C23H21N3O2. The van der Waals surface area contributed by atoms with Gasteiger partial charge in [0, 0.05) is 11.3 Å². The van der Waals surface area contributed by atoms with E-state index in [1.54, 1.807) is 30.5 Å². The highest BCUT2D eigenvalue weighted by Gasteiger charge is 2.21. The molecule has 5 nitrogen and oxygen atoms in total. The molecule has 3 aromatic rings. The lowest BCUT2D eigenvalue weighted by atomic mass is 10.1. The Kier molecular flexibility index (Phi) is 6.31. The van der Waals surface area contributed by atoms with Crippen molar-refractivity contribution in [1.82, 2.24) is 5.43 Å². The van der Waals surface area contributed by atoms with E-state index < -0.39 is 0 Å². The number of para-hydroxylation sites is 1. The highest BCUT2D eigenvalue weighted by Crippen LogP contribution is 2.21. The predicted octanol–water partition coefficient (Wildman–Crippen LogP) is 3.79. The molecule has 0 saturated carbocycles. The summed E-state index contributed by atoms with van der Waals surface area (Å²) < 4.78 is 0. The van der Waals surface area contributed by atoms with Gasteiger partial charge in [-0.15, -0.1) is 0 Å². The van der Waals surface area contributed by atoms with E-state index in [9.17, 15) is 9.59 Å². The van der Waals surface area contributed by atoms with Gasteiger partial charge < -0.3 is 0 Å². The van der Waals surface area contributed by atoms with Crippen LogP contribution in [0.5, 0.6) is 0 Å². The second-order valence-corrected chi connectivity index (χ2v) is 6.25. The van der Waals surface area contributed by atoms with Crippen molar-refractivity contribution >= 4 is 23.7 Å². The summed E-state index contributed by atoms with van der Waals surface area (Å²) in [4.78, 5) is 27.0. The predicted molar refractivity (Wildman–Crippen MR) is 111 cm³/mol. The van der Waals surface area contributed by atoms with Crippen molar-refractivity contribution < 1.29 is 9.59 Å². The van der Waals surface area contributed by atoms with Crippen molar-refractivity contribution in [3.8, 4) is 0 Å². The van der Waals surface area contributed by atoms with Crippen LogP contribution in [0.3, 0.4) is 0 Å². The van der Waals surface area contributed by atoms with E-state index in [4.69, 9.17) is 0 Å². The maximum Gasteiger partial charge on any atom is 0.260 e. The summed E-state index contributed by atoms with van der Waals surface area (Å²) in [6, 6.07) is 25.9. The van der Waals surface area contributed by atoms with Gasteiger partial charge in [-0.2, -0.15) is 5.10 Å². The minimum absolute atomic E-state index is 0.134. The van der Waals surface area contributed by atoms with Gasteiger partial charge in [-0.25, -0.2) is 5.43 Å².